The molecule has 0 aromatic heterocycles. The molecule has 21 heavy (non-hydrogen) atoms. The van der Waals surface area contributed by atoms with Crippen LogP contribution in [0.1, 0.15) is 17.3 Å². The van der Waals surface area contributed by atoms with Crippen molar-refractivity contribution in [1.29, 1.82) is 0 Å². The lowest BCUT2D eigenvalue weighted by atomic mass is 10.1. The van der Waals surface area contributed by atoms with E-state index >= 15 is 0 Å². The molecular formula is C14H9Br2NO4. The summed E-state index contributed by atoms with van der Waals surface area (Å²) in [6, 6.07) is 9.37. The number of ketones is 1. The zero-order chi connectivity index (χ0) is 15.6. The van der Waals surface area contributed by atoms with E-state index in [-0.39, 0.29) is 11.5 Å². The molecule has 0 N–H and O–H groups in total. The van der Waals surface area contributed by atoms with E-state index in [1.54, 1.807) is 24.3 Å². The lowest BCUT2D eigenvalue weighted by molar-refractivity contribution is -0.385. The highest BCUT2D eigenvalue weighted by Gasteiger charge is 2.15. The minimum absolute atomic E-state index is 0.0285. The first kappa shape index (κ1) is 15.7. The van der Waals surface area contributed by atoms with E-state index in [1.807, 2.05) is 0 Å². The van der Waals surface area contributed by atoms with Gasteiger partial charge in [0.05, 0.1) is 13.9 Å². The van der Waals surface area contributed by atoms with Gasteiger partial charge in [0, 0.05) is 17.7 Å². The molecule has 0 aliphatic carbocycles. The number of benzene rings is 2. The van der Waals surface area contributed by atoms with Crippen LogP contribution in [0.3, 0.4) is 0 Å². The Hall–Kier alpha value is -1.73. The van der Waals surface area contributed by atoms with E-state index in [9.17, 15) is 14.9 Å². The van der Waals surface area contributed by atoms with Gasteiger partial charge in [-0.25, -0.2) is 0 Å². The van der Waals surface area contributed by atoms with Gasteiger partial charge < -0.3 is 4.74 Å². The first-order chi connectivity index (χ1) is 9.88. The molecular weight excluding hydrogens is 406 g/mol. The molecule has 0 saturated carbocycles. The number of hydrogen-bond acceptors (Lipinski definition) is 4. The Labute approximate surface area is 137 Å². The smallest absolute Gasteiger partial charge is 0.271 e. The molecule has 0 aliphatic rings. The molecule has 2 aromatic carbocycles. The normalized spacial score (nSPS) is 10.2. The first-order valence-electron chi connectivity index (χ1n) is 5.81. The van der Waals surface area contributed by atoms with E-state index in [4.69, 9.17) is 4.74 Å². The van der Waals surface area contributed by atoms with Gasteiger partial charge in [-0.15, -0.1) is 0 Å². The fourth-order valence-electron chi connectivity index (χ4n) is 1.62. The maximum atomic E-state index is 11.2. The molecule has 0 heterocycles. The van der Waals surface area contributed by atoms with E-state index < -0.39 is 4.92 Å². The molecule has 0 radical (unpaired) electrons. The number of nitrogens with zero attached hydrogens (tertiary/aromatic N) is 1. The van der Waals surface area contributed by atoms with Crippen molar-refractivity contribution in [3.8, 4) is 11.5 Å². The molecule has 0 spiro atoms. The summed E-state index contributed by atoms with van der Waals surface area (Å²) in [5.41, 5.74) is 0.539. The number of hydrogen-bond donors (Lipinski definition) is 0. The highest BCUT2D eigenvalue weighted by Crippen LogP contribution is 2.39. The number of nitro benzene ring substituents is 1. The quantitative estimate of drug-likeness (QED) is 0.395. The molecule has 2 rings (SSSR count). The van der Waals surface area contributed by atoms with E-state index in [2.05, 4.69) is 31.9 Å². The number of carbonyl (C=O) groups excluding carboxylic acids is 1. The van der Waals surface area contributed by atoms with Crippen LogP contribution in [0.4, 0.5) is 5.69 Å². The van der Waals surface area contributed by atoms with Crippen LogP contribution in [0.25, 0.3) is 0 Å². The highest BCUT2D eigenvalue weighted by atomic mass is 79.9. The molecule has 0 amide bonds. The third-order valence-electron chi connectivity index (χ3n) is 2.67. The second-order valence-corrected chi connectivity index (χ2v) is 5.89. The van der Waals surface area contributed by atoms with E-state index in [0.717, 1.165) is 0 Å². The van der Waals surface area contributed by atoms with E-state index in [0.29, 0.717) is 26.0 Å². The predicted octanol–water partition coefficient (Wildman–Crippen LogP) is 5.11. The van der Waals surface area contributed by atoms with Gasteiger partial charge in [0.1, 0.15) is 5.75 Å². The lowest BCUT2D eigenvalue weighted by Gasteiger charge is -2.10. The number of nitro groups is 1. The van der Waals surface area contributed by atoms with Gasteiger partial charge in [0.25, 0.3) is 5.69 Å². The van der Waals surface area contributed by atoms with Gasteiger partial charge in [-0.2, -0.15) is 0 Å². The molecule has 0 unspecified atom stereocenters. The highest BCUT2D eigenvalue weighted by molar-refractivity contribution is 9.11. The van der Waals surface area contributed by atoms with Crippen LogP contribution in [0.5, 0.6) is 11.5 Å². The second kappa shape index (κ2) is 6.36. The van der Waals surface area contributed by atoms with Crippen LogP contribution in [0, 0.1) is 10.1 Å². The van der Waals surface area contributed by atoms with Crippen molar-refractivity contribution in [1.82, 2.24) is 0 Å². The molecule has 0 saturated heterocycles. The van der Waals surface area contributed by atoms with Crippen molar-refractivity contribution in [2.24, 2.45) is 0 Å². The molecule has 0 fully saturated rings. The number of carbonyl (C=O) groups is 1. The summed E-state index contributed by atoms with van der Waals surface area (Å²) < 4.78 is 6.60. The van der Waals surface area contributed by atoms with Crippen molar-refractivity contribution in [2.75, 3.05) is 0 Å². The first-order valence-corrected chi connectivity index (χ1v) is 7.39. The maximum Gasteiger partial charge on any atom is 0.271 e. The fraction of sp³-hybridized carbons (Fsp3) is 0.0714. The molecule has 5 nitrogen and oxygen atoms in total. The van der Waals surface area contributed by atoms with Crippen molar-refractivity contribution >= 4 is 43.3 Å². The van der Waals surface area contributed by atoms with Gasteiger partial charge in [0.2, 0.25) is 0 Å². The number of rotatable bonds is 4. The summed E-state index contributed by atoms with van der Waals surface area (Å²) in [5.74, 6) is 0.922. The Morgan fingerprint density at radius 3 is 2.10 bits per heavy atom. The third-order valence-corrected chi connectivity index (χ3v) is 3.85. The van der Waals surface area contributed by atoms with Gasteiger partial charge in [-0.1, -0.05) is 0 Å². The zero-order valence-electron chi connectivity index (χ0n) is 10.8. The average molecular weight is 415 g/mol. The molecule has 0 atom stereocenters. The second-order valence-electron chi connectivity index (χ2n) is 4.18. The zero-order valence-corrected chi connectivity index (χ0v) is 14.0. The molecule has 2 aromatic rings. The summed E-state index contributed by atoms with van der Waals surface area (Å²) in [5, 5.41) is 10.8. The Morgan fingerprint density at radius 2 is 1.67 bits per heavy atom. The molecule has 7 heteroatoms. The van der Waals surface area contributed by atoms with Crippen molar-refractivity contribution in [3.05, 3.63) is 61.0 Å². The van der Waals surface area contributed by atoms with Crippen LogP contribution in [-0.2, 0) is 0 Å². The largest absolute Gasteiger partial charge is 0.455 e. The summed E-state index contributed by atoms with van der Waals surface area (Å²) >= 11 is 6.50. The number of ether oxygens (including phenoxy) is 1. The van der Waals surface area contributed by atoms with Gasteiger partial charge in [-0.05, 0) is 63.0 Å². The molecule has 108 valence electrons. The van der Waals surface area contributed by atoms with E-state index in [1.165, 1.54) is 19.1 Å². The Kier molecular flexibility index (Phi) is 4.74. The number of non-ortho nitro benzene ring substituents is 1. The van der Waals surface area contributed by atoms with Crippen LogP contribution in [0.15, 0.2) is 45.3 Å². The molecule has 0 bridgehead atoms. The fourth-order valence-corrected chi connectivity index (χ4v) is 2.95. The SMILES string of the molecule is CC(=O)c1ccc(Oc2c(Br)cc([N+](=O)[O-])cc2Br)cc1. The topological polar surface area (TPSA) is 69.4 Å². The summed E-state index contributed by atoms with van der Waals surface area (Å²) in [6.45, 7) is 1.49. The van der Waals surface area contributed by atoms with Crippen LogP contribution >= 0.6 is 31.9 Å². The van der Waals surface area contributed by atoms with Crippen molar-refractivity contribution in [2.45, 2.75) is 6.92 Å². The standard InChI is InChI=1S/C14H9Br2NO4/c1-8(18)9-2-4-11(5-3-9)21-14-12(15)6-10(17(19)20)7-13(14)16/h2-7H,1H3. The minimum atomic E-state index is -0.485. The Bertz CT molecular complexity index is 690. The molecule has 0 aliphatic heterocycles. The monoisotopic (exact) mass is 413 g/mol. The lowest BCUT2D eigenvalue weighted by Crippen LogP contribution is -1.93. The van der Waals surface area contributed by atoms with Crippen LogP contribution in [0.2, 0.25) is 0 Å². The van der Waals surface area contributed by atoms with Crippen LogP contribution in [-0.4, -0.2) is 10.7 Å². The third kappa shape index (κ3) is 3.68. The van der Waals surface area contributed by atoms with Crippen LogP contribution < -0.4 is 4.74 Å². The van der Waals surface area contributed by atoms with Crippen molar-refractivity contribution < 1.29 is 14.5 Å². The van der Waals surface area contributed by atoms with Gasteiger partial charge in [-0.3, -0.25) is 14.9 Å². The summed E-state index contributed by atoms with van der Waals surface area (Å²) in [4.78, 5) is 21.5. The summed E-state index contributed by atoms with van der Waals surface area (Å²) in [6.07, 6.45) is 0. The Balaban J connectivity index is 2.31. The maximum absolute atomic E-state index is 11.2. The predicted molar refractivity (Wildman–Crippen MR) is 85.0 cm³/mol. The average Bonchev–Trinajstić information content (AvgIpc) is 2.43. The van der Waals surface area contributed by atoms with Gasteiger partial charge in [0.15, 0.2) is 11.5 Å². The number of Topliss-reactive ketones (excluding diaryl/α,β-unsaturated/α-hetero) is 1. The summed E-state index contributed by atoms with van der Waals surface area (Å²) in [7, 11) is 0. The van der Waals surface area contributed by atoms with Crippen molar-refractivity contribution in [3.63, 3.8) is 0 Å². The van der Waals surface area contributed by atoms with Gasteiger partial charge >= 0.3 is 0 Å². The Morgan fingerprint density at radius 1 is 1.14 bits per heavy atom. The number of halogens is 2. The minimum Gasteiger partial charge on any atom is -0.455 e.